The lowest BCUT2D eigenvalue weighted by atomic mass is 10.0. The van der Waals surface area contributed by atoms with Gasteiger partial charge in [0, 0.05) is 11.1 Å². The first-order valence-corrected chi connectivity index (χ1v) is 6.54. The van der Waals surface area contributed by atoms with Crippen LogP contribution in [0.1, 0.15) is 5.56 Å². The number of hydrogen-bond acceptors (Lipinski definition) is 2. The van der Waals surface area contributed by atoms with Crippen molar-refractivity contribution in [1.29, 1.82) is 0 Å². The maximum absolute atomic E-state index is 5.39. The van der Waals surface area contributed by atoms with E-state index < -0.39 is 0 Å². The number of benzene rings is 2. The molecular weight excluding hydrogens is 248 g/mol. The highest BCUT2D eigenvalue weighted by molar-refractivity contribution is 5.73. The fourth-order valence-electron chi connectivity index (χ4n) is 2.33. The van der Waals surface area contributed by atoms with Crippen LogP contribution in [0.15, 0.2) is 54.6 Å². The summed E-state index contributed by atoms with van der Waals surface area (Å²) in [6.45, 7) is 2.09. The molecule has 20 heavy (non-hydrogen) atoms. The molecule has 0 atom stereocenters. The van der Waals surface area contributed by atoms with Gasteiger partial charge in [-0.2, -0.15) is 5.10 Å². The third kappa shape index (κ3) is 2.18. The van der Waals surface area contributed by atoms with Crippen LogP contribution in [0.4, 0.5) is 0 Å². The van der Waals surface area contributed by atoms with Crippen LogP contribution in [0.5, 0.6) is 5.75 Å². The monoisotopic (exact) mass is 264 g/mol. The summed E-state index contributed by atoms with van der Waals surface area (Å²) < 4.78 is 5.39. The SMILES string of the molecule is COc1ccccc1-c1cc(-c2ccccc2C)n[nH]1. The van der Waals surface area contributed by atoms with E-state index in [-0.39, 0.29) is 0 Å². The average Bonchev–Trinajstić information content (AvgIpc) is 2.97. The Balaban J connectivity index is 2.05. The van der Waals surface area contributed by atoms with Crippen LogP contribution in [0, 0.1) is 6.92 Å². The fraction of sp³-hybridized carbons (Fsp3) is 0.118. The average molecular weight is 264 g/mol. The highest BCUT2D eigenvalue weighted by atomic mass is 16.5. The molecule has 2 aromatic carbocycles. The van der Waals surface area contributed by atoms with E-state index in [2.05, 4.69) is 35.3 Å². The van der Waals surface area contributed by atoms with Crippen LogP contribution in [0.25, 0.3) is 22.5 Å². The molecule has 0 bridgehead atoms. The highest BCUT2D eigenvalue weighted by Crippen LogP contribution is 2.31. The van der Waals surface area contributed by atoms with Crippen LogP contribution >= 0.6 is 0 Å². The molecule has 3 nitrogen and oxygen atoms in total. The molecule has 3 heteroatoms. The van der Waals surface area contributed by atoms with Gasteiger partial charge in [0.05, 0.1) is 18.5 Å². The molecule has 3 aromatic rings. The first-order valence-electron chi connectivity index (χ1n) is 6.54. The Morgan fingerprint density at radius 1 is 0.950 bits per heavy atom. The summed E-state index contributed by atoms with van der Waals surface area (Å²) in [5.41, 5.74) is 5.28. The molecule has 0 unspecified atom stereocenters. The van der Waals surface area contributed by atoms with Gasteiger partial charge < -0.3 is 4.74 Å². The van der Waals surface area contributed by atoms with E-state index in [1.165, 1.54) is 5.56 Å². The van der Waals surface area contributed by atoms with E-state index in [0.717, 1.165) is 28.3 Å². The lowest BCUT2D eigenvalue weighted by molar-refractivity contribution is 0.416. The molecule has 1 aromatic heterocycles. The molecule has 0 fully saturated rings. The molecular formula is C17H16N2O. The van der Waals surface area contributed by atoms with E-state index in [0.29, 0.717) is 0 Å². The molecule has 0 aliphatic rings. The zero-order chi connectivity index (χ0) is 13.9. The summed E-state index contributed by atoms with van der Waals surface area (Å²) in [5.74, 6) is 0.840. The summed E-state index contributed by atoms with van der Waals surface area (Å²) >= 11 is 0. The second-order valence-electron chi connectivity index (χ2n) is 4.68. The van der Waals surface area contributed by atoms with E-state index in [9.17, 15) is 0 Å². The van der Waals surface area contributed by atoms with Crippen molar-refractivity contribution < 1.29 is 4.74 Å². The number of H-pyrrole nitrogens is 1. The Bertz CT molecular complexity index is 731. The van der Waals surface area contributed by atoms with E-state index in [4.69, 9.17) is 4.74 Å². The van der Waals surface area contributed by atoms with Gasteiger partial charge in [0.1, 0.15) is 5.75 Å². The fourth-order valence-corrected chi connectivity index (χ4v) is 2.33. The van der Waals surface area contributed by atoms with Gasteiger partial charge in [0.2, 0.25) is 0 Å². The van der Waals surface area contributed by atoms with Gasteiger partial charge in [-0.1, -0.05) is 36.4 Å². The van der Waals surface area contributed by atoms with Crippen LogP contribution in [0.3, 0.4) is 0 Å². The maximum Gasteiger partial charge on any atom is 0.128 e. The van der Waals surface area contributed by atoms with Crippen molar-refractivity contribution in [2.45, 2.75) is 6.92 Å². The number of rotatable bonds is 3. The Hall–Kier alpha value is -2.55. The molecule has 0 aliphatic heterocycles. The second-order valence-corrected chi connectivity index (χ2v) is 4.68. The van der Waals surface area contributed by atoms with Crippen molar-refractivity contribution in [1.82, 2.24) is 10.2 Å². The van der Waals surface area contributed by atoms with Crippen molar-refractivity contribution in [3.8, 4) is 28.3 Å². The molecule has 0 saturated carbocycles. The quantitative estimate of drug-likeness (QED) is 0.774. The van der Waals surface area contributed by atoms with Gasteiger partial charge in [0.25, 0.3) is 0 Å². The maximum atomic E-state index is 5.39. The first kappa shape index (κ1) is 12.5. The number of methoxy groups -OCH3 is 1. The molecule has 1 heterocycles. The zero-order valence-electron chi connectivity index (χ0n) is 11.6. The van der Waals surface area contributed by atoms with E-state index in [1.807, 2.05) is 36.4 Å². The number of aromatic amines is 1. The van der Waals surface area contributed by atoms with Gasteiger partial charge in [0.15, 0.2) is 0 Å². The van der Waals surface area contributed by atoms with Crippen LogP contribution < -0.4 is 4.74 Å². The number of ether oxygens (including phenoxy) is 1. The summed E-state index contributed by atoms with van der Waals surface area (Å²) in [6.07, 6.45) is 0. The van der Waals surface area contributed by atoms with Crippen molar-refractivity contribution in [3.05, 3.63) is 60.2 Å². The Morgan fingerprint density at radius 3 is 2.40 bits per heavy atom. The van der Waals surface area contributed by atoms with Crippen molar-refractivity contribution in [3.63, 3.8) is 0 Å². The number of nitrogens with zero attached hydrogens (tertiary/aromatic N) is 1. The minimum absolute atomic E-state index is 0.840. The molecule has 100 valence electrons. The minimum atomic E-state index is 0.840. The van der Waals surface area contributed by atoms with Crippen molar-refractivity contribution in [2.24, 2.45) is 0 Å². The Labute approximate surface area is 118 Å². The second kappa shape index (κ2) is 5.21. The summed E-state index contributed by atoms with van der Waals surface area (Å²) in [6, 6.07) is 18.2. The molecule has 0 amide bonds. The number of nitrogens with one attached hydrogen (secondary N) is 1. The van der Waals surface area contributed by atoms with E-state index in [1.54, 1.807) is 7.11 Å². The van der Waals surface area contributed by atoms with Crippen LogP contribution in [-0.4, -0.2) is 17.3 Å². The third-order valence-electron chi connectivity index (χ3n) is 3.40. The van der Waals surface area contributed by atoms with Crippen LogP contribution in [-0.2, 0) is 0 Å². The smallest absolute Gasteiger partial charge is 0.128 e. The molecule has 0 saturated heterocycles. The number of aryl methyl sites for hydroxylation is 1. The molecule has 0 radical (unpaired) electrons. The Morgan fingerprint density at radius 2 is 1.65 bits per heavy atom. The van der Waals surface area contributed by atoms with Crippen molar-refractivity contribution >= 4 is 0 Å². The van der Waals surface area contributed by atoms with Crippen LogP contribution in [0.2, 0.25) is 0 Å². The zero-order valence-corrected chi connectivity index (χ0v) is 11.6. The van der Waals surface area contributed by atoms with Crippen molar-refractivity contribution in [2.75, 3.05) is 7.11 Å². The summed E-state index contributed by atoms with van der Waals surface area (Å²) in [4.78, 5) is 0. The predicted molar refractivity (Wildman–Crippen MR) is 80.7 cm³/mol. The largest absolute Gasteiger partial charge is 0.496 e. The number of hydrogen-bond donors (Lipinski definition) is 1. The number of para-hydroxylation sites is 1. The molecule has 1 N–H and O–H groups in total. The highest BCUT2D eigenvalue weighted by Gasteiger charge is 2.10. The van der Waals surface area contributed by atoms with Gasteiger partial charge in [-0.3, -0.25) is 5.10 Å². The standard InChI is InChI=1S/C17H16N2O/c1-12-7-3-4-8-13(12)15-11-16(19-18-15)14-9-5-6-10-17(14)20-2/h3-11H,1-2H3,(H,18,19). The molecule has 0 aliphatic carbocycles. The minimum Gasteiger partial charge on any atom is -0.496 e. The first-order chi connectivity index (χ1) is 9.79. The van der Waals surface area contributed by atoms with Gasteiger partial charge in [-0.05, 0) is 30.7 Å². The molecule has 3 rings (SSSR count). The third-order valence-corrected chi connectivity index (χ3v) is 3.40. The topological polar surface area (TPSA) is 37.9 Å². The predicted octanol–water partition coefficient (Wildman–Crippen LogP) is 4.06. The summed E-state index contributed by atoms with van der Waals surface area (Å²) in [5, 5.41) is 7.51. The summed E-state index contributed by atoms with van der Waals surface area (Å²) in [7, 11) is 1.68. The number of aromatic nitrogens is 2. The van der Waals surface area contributed by atoms with Gasteiger partial charge in [-0.25, -0.2) is 0 Å². The lowest BCUT2D eigenvalue weighted by Gasteiger charge is -2.05. The van der Waals surface area contributed by atoms with Gasteiger partial charge >= 0.3 is 0 Å². The normalized spacial score (nSPS) is 10.5. The van der Waals surface area contributed by atoms with E-state index >= 15 is 0 Å². The van der Waals surface area contributed by atoms with Gasteiger partial charge in [-0.15, -0.1) is 0 Å². The lowest BCUT2D eigenvalue weighted by Crippen LogP contribution is -1.87. The molecule has 0 spiro atoms. The Kier molecular flexibility index (Phi) is 3.25.